The average Bonchev–Trinajstić information content (AvgIpc) is 2.87. The van der Waals surface area contributed by atoms with Crippen molar-refractivity contribution < 1.29 is 14.9 Å². The number of phenols is 1. The van der Waals surface area contributed by atoms with E-state index in [1.54, 1.807) is 6.07 Å². The van der Waals surface area contributed by atoms with Gasteiger partial charge in [-0.25, -0.2) is 0 Å². The fourth-order valence-electron chi connectivity index (χ4n) is 6.01. The van der Waals surface area contributed by atoms with E-state index in [0.717, 1.165) is 50.8 Å². The van der Waals surface area contributed by atoms with Gasteiger partial charge in [0.1, 0.15) is 6.10 Å². The third kappa shape index (κ3) is 1.41. The number of aliphatic hydroxyl groups is 1. The molecule has 2 heterocycles. The lowest BCUT2D eigenvalue weighted by atomic mass is 9.49. The van der Waals surface area contributed by atoms with Gasteiger partial charge in [-0.05, 0) is 50.3 Å². The van der Waals surface area contributed by atoms with E-state index >= 15 is 0 Å². The van der Waals surface area contributed by atoms with Crippen molar-refractivity contribution in [1.82, 2.24) is 4.90 Å². The molecule has 1 saturated heterocycles. The molecule has 5 rings (SSSR count). The van der Waals surface area contributed by atoms with Crippen LogP contribution in [0, 0.1) is 0 Å². The zero-order valence-corrected chi connectivity index (χ0v) is 13.3. The molecule has 4 heteroatoms. The molecule has 2 N–H and O–H groups in total. The Balaban J connectivity index is 1.78. The third-order valence-corrected chi connectivity index (χ3v) is 6.84. The minimum atomic E-state index is -0.761. The summed E-state index contributed by atoms with van der Waals surface area (Å²) in [4.78, 5) is 2.38. The van der Waals surface area contributed by atoms with Crippen LogP contribution in [0.15, 0.2) is 24.8 Å². The number of hydrogen-bond acceptors (Lipinski definition) is 4. The number of nitrogens with zero attached hydrogens (tertiary/aromatic N) is 1. The zero-order valence-electron chi connectivity index (χ0n) is 13.3. The predicted octanol–water partition coefficient (Wildman–Crippen LogP) is 2.12. The number of aromatic hydroxyl groups is 1. The summed E-state index contributed by atoms with van der Waals surface area (Å²) in [6.45, 7) is 5.65. The second kappa shape index (κ2) is 4.31. The molecule has 2 aliphatic carbocycles. The van der Waals surface area contributed by atoms with Gasteiger partial charge in [-0.3, -0.25) is 4.90 Å². The number of hydrogen-bond donors (Lipinski definition) is 2. The summed E-state index contributed by atoms with van der Waals surface area (Å²) in [5, 5.41) is 22.2. The fourth-order valence-corrected chi connectivity index (χ4v) is 6.01. The molecule has 0 aromatic heterocycles. The van der Waals surface area contributed by atoms with E-state index in [2.05, 4.69) is 11.5 Å². The van der Waals surface area contributed by atoms with Gasteiger partial charge in [0.2, 0.25) is 0 Å². The van der Waals surface area contributed by atoms with E-state index < -0.39 is 5.60 Å². The van der Waals surface area contributed by atoms with Crippen LogP contribution in [-0.2, 0) is 11.8 Å². The van der Waals surface area contributed by atoms with Crippen molar-refractivity contribution in [2.45, 2.75) is 55.3 Å². The van der Waals surface area contributed by atoms with Crippen LogP contribution in [0.2, 0.25) is 0 Å². The van der Waals surface area contributed by atoms with Crippen LogP contribution in [0.4, 0.5) is 0 Å². The molecule has 2 fully saturated rings. The molecule has 122 valence electrons. The van der Waals surface area contributed by atoms with Gasteiger partial charge >= 0.3 is 0 Å². The highest BCUT2D eigenvalue weighted by molar-refractivity contribution is 5.62. The predicted molar refractivity (Wildman–Crippen MR) is 86.9 cm³/mol. The number of likely N-dealkylation sites (tertiary alicyclic amines) is 1. The first kappa shape index (κ1) is 13.9. The second-order valence-corrected chi connectivity index (χ2v) is 7.60. The highest BCUT2D eigenvalue weighted by Gasteiger charge is 2.70. The largest absolute Gasteiger partial charge is 0.504 e. The van der Waals surface area contributed by atoms with Gasteiger partial charge in [-0.1, -0.05) is 12.1 Å². The van der Waals surface area contributed by atoms with Crippen LogP contribution in [0.3, 0.4) is 0 Å². The molecule has 1 aromatic rings. The molecule has 4 atom stereocenters. The average molecular weight is 313 g/mol. The molecule has 23 heavy (non-hydrogen) atoms. The third-order valence-electron chi connectivity index (χ3n) is 6.84. The van der Waals surface area contributed by atoms with E-state index in [1.807, 2.05) is 12.1 Å². The molecular formula is C19H23NO3. The van der Waals surface area contributed by atoms with Crippen LogP contribution >= 0.6 is 0 Å². The number of benzene rings is 1. The SMILES string of the molecule is C=CCN1CC[C@@]23c4c5ccc(O)c4OC2CCC[C@]3(O)[C@@H]1C5. The highest BCUT2D eigenvalue weighted by Crippen LogP contribution is 2.65. The summed E-state index contributed by atoms with van der Waals surface area (Å²) >= 11 is 0. The lowest BCUT2D eigenvalue weighted by molar-refractivity contribution is -0.183. The molecule has 0 radical (unpaired) electrons. The zero-order chi connectivity index (χ0) is 15.8. The van der Waals surface area contributed by atoms with Crippen molar-refractivity contribution in [3.8, 4) is 11.5 Å². The molecule has 1 saturated carbocycles. The summed E-state index contributed by atoms with van der Waals surface area (Å²) < 4.78 is 6.22. The Bertz CT molecular complexity index is 702. The van der Waals surface area contributed by atoms with E-state index in [4.69, 9.17) is 4.74 Å². The number of piperidine rings is 1. The Morgan fingerprint density at radius 3 is 3.09 bits per heavy atom. The molecule has 4 nitrogen and oxygen atoms in total. The Hall–Kier alpha value is -1.52. The standard InChI is InChI=1S/C19H23NO3/c1-2-9-20-10-8-18-15-4-3-7-19(18,22)14(20)11-12-5-6-13(21)17(23-15)16(12)18/h2,5-6,14-15,21-22H,1,3-4,7-11H2/t14-,15?,18-,19-/m0/s1. The van der Waals surface area contributed by atoms with Gasteiger partial charge in [-0.15, -0.1) is 6.58 Å². The number of phenolic OH excluding ortho intramolecular Hbond substituents is 1. The smallest absolute Gasteiger partial charge is 0.165 e. The first-order chi connectivity index (χ1) is 11.1. The molecule has 2 aliphatic heterocycles. The van der Waals surface area contributed by atoms with E-state index in [1.165, 1.54) is 5.56 Å². The van der Waals surface area contributed by atoms with E-state index in [0.29, 0.717) is 5.75 Å². The summed E-state index contributed by atoms with van der Waals surface area (Å²) in [5.41, 5.74) is 1.25. The molecular weight excluding hydrogens is 290 g/mol. The maximum Gasteiger partial charge on any atom is 0.165 e. The normalized spacial score (nSPS) is 40.4. The lowest BCUT2D eigenvalue weighted by Gasteiger charge is -2.63. The van der Waals surface area contributed by atoms with Crippen LogP contribution in [0.25, 0.3) is 0 Å². The number of ether oxygens (including phenoxy) is 1. The lowest BCUT2D eigenvalue weighted by Crippen LogP contribution is -2.75. The fraction of sp³-hybridized carbons (Fsp3) is 0.579. The van der Waals surface area contributed by atoms with E-state index in [9.17, 15) is 10.2 Å². The first-order valence-corrected chi connectivity index (χ1v) is 8.71. The van der Waals surface area contributed by atoms with Crippen molar-refractivity contribution in [3.63, 3.8) is 0 Å². The number of rotatable bonds is 2. The van der Waals surface area contributed by atoms with Crippen molar-refractivity contribution in [3.05, 3.63) is 35.9 Å². The van der Waals surface area contributed by atoms with Gasteiger partial charge in [-0.2, -0.15) is 0 Å². The van der Waals surface area contributed by atoms with Crippen LogP contribution in [0.5, 0.6) is 11.5 Å². The van der Waals surface area contributed by atoms with Crippen molar-refractivity contribution in [2.75, 3.05) is 13.1 Å². The minimum absolute atomic E-state index is 0.00280. The Kier molecular flexibility index (Phi) is 2.60. The summed E-state index contributed by atoms with van der Waals surface area (Å²) in [6.07, 6.45) is 6.41. The minimum Gasteiger partial charge on any atom is -0.504 e. The molecule has 1 spiro atoms. The summed E-state index contributed by atoms with van der Waals surface area (Å²) in [5.74, 6) is 0.866. The molecule has 1 aromatic carbocycles. The van der Waals surface area contributed by atoms with Gasteiger partial charge in [0.05, 0.1) is 11.0 Å². The Morgan fingerprint density at radius 1 is 1.39 bits per heavy atom. The van der Waals surface area contributed by atoms with Crippen molar-refractivity contribution in [2.24, 2.45) is 0 Å². The molecule has 1 unspecified atom stereocenters. The first-order valence-electron chi connectivity index (χ1n) is 8.71. The van der Waals surface area contributed by atoms with Crippen molar-refractivity contribution >= 4 is 0 Å². The van der Waals surface area contributed by atoms with Gasteiger partial charge in [0.15, 0.2) is 11.5 Å². The monoisotopic (exact) mass is 313 g/mol. The highest BCUT2D eigenvalue weighted by atomic mass is 16.5. The second-order valence-electron chi connectivity index (χ2n) is 7.60. The van der Waals surface area contributed by atoms with Gasteiger partial charge < -0.3 is 14.9 Å². The van der Waals surface area contributed by atoms with Gasteiger partial charge in [0, 0.05) is 18.2 Å². The Labute approximate surface area is 136 Å². The van der Waals surface area contributed by atoms with Crippen molar-refractivity contribution in [1.29, 1.82) is 0 Å². The molecule has 2 bridgehead atoms. The maximum atomic E-state index is 11.9. The topological polar surface area (TPSA) is 52.9 Å². The van der Waals surface area contributed by atoms with Crippen LogP contribution in [-0.4, -0.2) is 45.9 Å². The maximum absolute atomic E-state index is 11.9. The van der Waals surface area contributed by atoms with Crippen LogP contribution < -0.4 is 4.74 Å². The van der Waals surface area contributed by atoms with Gasteiger partial charge in [0.25, 0.3) is 0 Å². The summed E-state index contributed by atoms with van der Waals surface area (Å²) in [6, 6.07) is 3.89. The summed E-state index contributed by atoms with van der Waals surface area (Å²) in [7, 11) is 0. The van der Waals surface area contributed by atoms with Crippen LogP contribution in [0.1, 0.15) is 36.8 Å². The molecule has 4 aliphatic rings. The quantitative estimate of drug-likeness (QED) is 0.821. The van der Waals surface area contributed by atoms with E-state index in [-0.39, 0.29) is 23.3 Å². The molecule has 0 amide bonds. The Morgan fingerprint density at radius 2 is 2.26 bits per heavy atom.